The molecule has 1 aromatic heterocycles. The van der Waals surface area contributed by atoms with Gasteiger partial charge in [-0.05, 0) is 42.0 Å². The van der Waals surface area contributed by atoms with Crippen LogP contribution in [0.25, 0.3) is 17.0 Å². The van der Waals surface area contributed by atoms with Gasteiger partial charge < -0.3 is 14.5 Å². The maximum absolute atomic E-state index is 13.3. The average Bonchev–Trinajstić information content (AvgIpc) is 3.07. The smallest absolute Gasteiger partial charge is 0.205 e. The molecule has 0 saturated heterocycles. The minimum absolute atomic E-state index is 0.0940. The Kier molecular flexibility index (Phi) is 5.15. The van der Waals surface area contributed by atoms with E-state index in [9.17, 15) is 14.4 Å². The van der Waals surface area contributed by atoms with E-state index in [2.05, 4.69) is 4.98 Å². The summed E-state index contributed by atoms with van der Waals surface area (Å²) in [7, 11) is 2.92. The Labute approximate surface area is 159 Å². The third-order valence-corrected chi connectivity index (χ3v) is 4.30. The van der Waals surface area contributed by atoms with Gasteiger partial charge in [0.15, 0.2) is 11.5 Å². The quantitative estimate of drug-likeness (QED) is 0.390. The molecule has 7 heteroatoms. The van der Waals surface area contributed by atoms with E-state index in [1.807, 2.05) is 6.07 Å². The molecule has 0 fully saturated rings. The zero-order valence-corrected chi connectivity index (χ0v) is 15.2. The largest absolute Gasteiger partial charge is 0.493 e. The number of aromatic amines is 1. The van der Waals surface area contributed by atoms with Crippen molar-refractivity contribution in [2.75, 3.05) is 14.2 Å². The molecule has 0 unspecified atom stereocenters. The summed E-state index contributed by atoms with van der Waals surface area (Å²) in [5.41, 5.74) is 1.17. The van der Waals surface area contributed by atoms with Crippen molar-refractivity contribution in [3.63, 3.8) is 0 Å². The summed E-state index contributed by atoms with van der Waals surface area (Å²) in [5.74, 6) is -0.163. The zero-order valence-electron chi connectivity index (χ0n) is 14.5. The Morgan fingerprint density at radius 2 is 2.04 bits per heavy atom. The van der Waals surface area contributed by atoms with E-state index in [1.165, 1.54) is 44.7 Å². The highest BCUT2D eigenvalue weighted by atomic mass is 35.5. The van der Waals surface area contributed by atoms with Crippen LogP contribution in [0.2, 0.25) is 5.02 Å². The molecule has 3 rings (SSSR count). The molecule has 0 amide bonds. The predicted molar refractivity (Wildman–Crippen MR) is 101 cm³/mol. The fourth-order valence-corrected chi connectivity index (χ4v) is 3.06. The van der Waals surface area contributed by atoms with Crippen LogP contribution < -0.4 is 9.47 Å². The molecule has 3 aromatic rings. The van der Waals surface area contributed by atoms with Crippen molar-refractivity contribution < 1.29 is 18.7 Å². The van der Waals surface area contributed by atoms with Crippen molar-refractivity contribution in [3.8, 4) is 17.6 Å². The third kappa shape index (κ3) is 3.50. The molecule has 2 aromatic carbocycles. The Balaban J connectivity index is 2.05. The first-order chi connectivity index (χ1) is 13.0. The van der Waals surface area contributed by atoms with Gasteiger partial charge in [-0.1, -0.05) is 11.6 Å². The second-order valence-electron chi connectivity index (χ2n) is 5.63. The summed E-state index contributed by atoms with van der Waals surface area (Å²) in [6.07, 6.45) is 2.87. The van der Waals surface area contributed by atoms with Crippen molar-refractivity contribution in [2.45, 2.75) is 0 Å². The van der Waals surface area contributed by atoms with Gasteiger partial charge in [-0.25, -0.2) is 4.39 Å². The van der Waals surface area contributed by atoms with Gasteiger partial charge in [-0.3, -0.25) is 4.79 Å². The fraction of sp³-hybridized carbons (Fsp3) is 0.100. The number of halogens is 2. The van der Waals surface area contributed by atoms with Crippen molar-refractivity contribution in [1.29, 1.82) is 5.26 Å². The van der Waals surface area contributed by atoms with Crippen LogP contribution in [0.15, 0.2) is 42.1 Å². The number of carbonyl (C=O) groups is 1. The first-order valence-corrected chi connectivity index (χ1v) is 8.21. The minimum atomic E-state index is -0.485. The number of rotatable bonds is 5. The highest BCUT2D eigenvalue weighted by molar-refractivity contribution is 6.32. The molecular formula is C20H14ClFN2O3. The second-order valence-corrected chi connectivity index (χ2v) is 6.04. The first-order valence-electron chi connectivity index (χ1n) is 7.83. The van der Waals surface area contributed by atoms with Crippen LogP contribution in [0.4, 0.5) is 4.39 Å². The van der Waals surface area contributed by atoms with Gasteiger partial charge in [0.1, 0.15) is 17.5 Å². The number of allylic oxidation sites excluding steroid dienone is 1. The standard InChI is InChI=1S/C20H14ClFN2O3/c1-26-18-7-11(6-16(21)20(18)27-2)5-12(9-23)19(25)15-10-24-17-8-13(22)3-4-14(15)17/h3-8,10,24H,1-2H3. The molecule has 0 spiro atoms. The van der Waals surface area contributed by atoms with Crippen LogP contribution in [0.5, 0.6) is 11.5 Å². The lowest BCUT2D eigenvalue weighted by atomic mass is 10.0. The highest BCUT2D eigenvalue weighted by Gasteiger charge is 2.18. The van der Waals surface area contributed by atoms with Crippen LogP contribution in [0.1, 0.15) is 15.9 Å². The molecule has 136 valence electrons. The second kappa shape index (κ2) is 7.52. The number of benzene rings is 2. The summed E-state index contributed by atoms with van der Waals surface area (Å²) >= 11 is 6.17. The average molecular weight is 385 g/mol. The number of ketones is 1. The molecule has 27 heavy (non-hydrogen) atoms. The number of nitrogens with one attached hydrogen (secondary N) is 1. The van der Waals surface area contributed by atoms with E-state index in [1.54, 1.807) is 12.1 Å². The molecule has 0 aliphatic heterocycles. The molecular weight excluding hydrogens is 371 g/mol. The number of carbonyl (C=O) groups excluding carboxylic acids is 1. The van der Waals surface area contributed by atoms with Gasteiger partial charge in [0.25, 0.3) is 0 Å². The molecule has 0 aliphatic rings. The monoisotopic (exact) mass is 384 g/mol. The van der Waals surface area contributed by atoms with Crippen molar-refractivity contribution >= 4 is 34.4 Å². The van der Waals surface area contributed by atoms with Crippen molar-refractivity contribution in [2.24, 2.45) is 0 Å². The van der Waals surface area contributed by atoms with Gasteiger partial charge in [0, 0.05) is 22.7 Å². The number of hydrogen-bond donors (Lipinski definition) is 1. The molecule has 0 radical (unpaired) electrons. The Hall–Kier alpha value is -3.30. The molecule has 1 N–H and O–H groups in total. The van der Waals surface area contributed by atoms with E-state index in [0.717, 1.165) is 0 Å². The van der Waals surface area contributed by atoms with Crippen LogP contribution in [-0.2, 0) is 0 Å². The highest BCUT2D eigenvalue weighted by Crippen LogP contribution is 2.36. The van der Waals surface area contributed by atoms with E-state index in [-0.39, 0.29) is 16.2 Å². The third-order valence-electron chi connectivity index (χ3n) is 4.02. The van der Waals surface area contributed by atoms with Crippen LogP contribution >= 0.6 is 11.6 Å². The van der Waals surface area contributed by atoms with Crippen LogP contribution in [0.3, 0.4) is 0 Å². The lowest BCUT2D eigenvalue weighted by Gasteiger charge is -2.10. The minimum Gasteiger partial charge on any atom is -0.493 e. The van der Waals surface area contributed by atoms with E-state index >= 15 is 0 Å². The zero-order chi connectivity index (χ0) is 19.6. The summed E-state index contributed by atoms with van der Waals surface area (Å²) in [4.78, 5) is 15.6. The number of hydrogen-bond acceptors (Lipinski definition) is 4. The van der Waals surface area contributed by atoms with E-state index < -0.39 is 11.6 Å². The van der Waals surface area contributed by atoms with Crippen LogP contribution in [-0.4, -0.2) is 25.0 Å². The number of nitrogens with zero attached hydrogens (tertiary/aromatic N) is 1. The Morgan fingerprint density at radius 1 is 1.26 bits per heavy atom. The summed E-state index contributed by atoms with van der Waals surface area (Å²) < 4.78 is 23.7. The van der Waals surface area contributed by atoms with E-state index in [0.29, 0.717) is 28.0 Å². The Morgan fingerprint density at radius 3 is 2.70 bits per heavy atom. The van der Waals surface area contributed by atoms with Crippen LogP contribution in [0, 0.1) is 17.1 Å². The lowest BCUT2D eigenvalue weighted by molar-refractivity contribution is 0.104. The molecule has 0 saturated carbocycles. The lowest BCUT2D eigenvalue weighted by Crippen LogP contribution is -2.01. The first kappa shape index (κ1) is 18.5. The number of H-pyrrole nitrogens is 1. The molecule has 5 nitrogen and oxygen atoms in total. The number of aromatic nitrogens is 1. The number of Topliss-reactive ketones (excluding diaryl/α,β-unsaturated/α-hetero) is 1. The maximum atomic E-state index is 13.3. The Bertz CT molecular complexity index is 1110. The van der Waals surface area contributed by atoms with Crippen molar-refractivity contribution in [3.05, 3.63) is 64.1 Å². The number of ether oxygens (including phenoxy) is 2. The number of nitriles is 1. The predicted octanol–water partition coefficient (Wildman–Crippen LogP) is 4.77. The maximum Gasteiger partial charge on any atom is 0.205 e. The number of fused-ring (bicyclic) bond motifs is 1. The van der Waals surface area contributed by atoms with Crippen molar-refractivity contribution in [1.82, 2.24) is 4.98 Å². The molecule has 0 aliphatic carbocycles. The summed E-state index contributed by atoms with van der Waals surface area (Å²) in [6, 6.07) is 9.13. The normalized spacial score (nSPS) is 11.3. The fourth-order valence-electron chi connectivity index (χ4n) is 2.77. The molecule has 0 atom stereocenters. The van der Waals surface area contributed by atoms with Gasteiger partial charge in [0.2, 0.25) is 5.78 Å². The van der Waals surface area contributed by atoms with Gasteiger partial charge in [-0.2, -0.15) is 5.26 Å². The summed E-state index contributed by atoms with van der Waals surface area (Å²) in [6.45, 7) is 0. The van der Waals surface area contributed by atoms with Gasteiger partial charge >= 0.3 is 0 Å². The SMILES string of the molecule is COc1cc(C=C(C#N)C(=O)c2c[nH]c3cc(F)ccc23)cc(Cl)c1OC. The summed E-state index contributed by atoms with van der Waals surface area (Å²) in [5, 5.41) is 10.3. The number of methoxy groups -OCH3 is 2. The van der Waals surface area contributed by atoms with Gasteiger partial charge in [0.05, 0.1) is 19.2 Å². The molecule has 0 bridgehead atoms. The molecule has 1 heterocycles. The van der Waals surface area contributed by atoms with E-state index in [4.69, 9.17) is 21.1 Å². The topological polar surface area (TPSA) is 75.1 Å². The van der Waals surface area contributed by atoms with Gasteiger partial charge in [-0.15, -0.1) is 0 Å².